The van der Waals surface area contributed by atoms with Crippen molar-refractivity contribution in [1.29, 1.82) is 0 Å². The molecule has 1 heterocycles. The summed E-state index contributed by atoms with van der Waals surface area (Å²) in [5.74, 6) is 1.02. The zero-order valence-electron chi connectivity index (χ0n) is 11.1. The van der Waals surface area contributed by atoms with E-state index in [9.17, 15) is 4.79 Å². The minimum Gasteiger partial charge on any atom is -0.496 e. The quantitative estimate of drug-likeness (QED) is 0.939. The Morgan fingerprint density at radius 2 is 2.16 bits per heavy atom. The zero-order chi connectivity index (χ0) is 14.0. The van der Waals surface area contributed by atoms with Crippen LogP contribution >= 0.6 is 11.6 Å². The first kappa shape index (κ1) is 13.6. The van der Waals surface area contributed by atoms with Gasteiger partial charge in [0.25, 0.3) is 5.56 Å². The number of ether oxygens (including phenoxy) is 1. The van der Waals surface area contributed by atoms with Gasteiger partial charge in [-0.05, 0) is 25.5 Å². The number of H-pyrrole nitrogens is 1. The molecule has 0 aliphatic carbocycles. The lowest BCUT2D eigenvalue weighted by Gasteiger charge is -2.11. The third kappa shape index (κ3) is 2.49. The van der Waals surface area contributed by atoms with Crippen LogP contribution in [0.5, 0.6) is 5.75 Å². The second-order valence-electron chi connectivity index (χ2n) is 4.15. The van der Waals surface area contributed by atoms with E-state index in [1.54, 1.807) is 25.3 Å². The van der Waals surface area contributed by atoms with Crippen LogP contribution in [0, 0.1) is 6.92 Å². The lowest BCUT2D eigenvalue weighted by molar-refractivity contribution is 0.416. The van der Waals surface area contributed by atoms with Crippen LogP contribution in [0.1, 0.15) is 18.2 Å². The molecule has 0 unspecified atom stereocenters. The zero-order valence-corrected chi connectivity index (χ0v) is 11.8. The number of aromatic amines is 1. The monoisotopic (exact) mass is 278 g/mol. The lowest BCUT2D eigenvalue weighted by atomic mass is 10.1. The van der Waals surface area contributed by atoms with Crippen molar-refractivity contribution < 1.29 is 4.74 Å². The van der Waals surface area contributed by atoms with E-state index in [2.05, 4.69) is 9.97 Å². The minimum atomic E-state index is -0.132. The molecule has 0 saturated carbocycles. The summed E-state index contributed by atoms with van der Waals surface area (Å²) < 4.78 is 5.27. The fourth-order valence-corrected chi connectivity index (χ4v) is 2.30. The molecule has 0 spiro atoms. The number of aromatic nitrogens is 2. The number of methoxy groups -OCH3 is 1. The van der Waals surface area contributed by atoms with Crippen LogP contribution in [0.2, 0.25) is 5.02 Å². The van der Waals surface area contributed by atoms with E-state index in [1.807, 2.05) is 13.8 Å². The molecule has 2 aromatic rings. The van der Waals surface area contributed by atoms with Crippen LogP contribution < -0.4 is 10.3 Å². The van der Waals surface area contributed by atoms with Gasteiger partial charge < -0.3 is 9.72 Å². The average molecular weight is 279 g/mol. The van der Waals surface area contributed by atoms with E-state index in [0.29, 0.717) is 39.8 Å². The van der Waals surface area contributed by atoms with Crippen molar-refractivity contribution in [3.05, 3.63) is 44.8 Å². The highest BCUT2D eigenvalue weighted by molar-refractivity contribution is 6.33. The van der Waals surface area contributed by atoms with Crippen LogP contribution in [0.25, 0.3) is 11.4 Å². The topological polar surface area (TPSA) is 55.0 Å². The predicted octanol–water partition coefficient (Wildman–Crippen LogP) is 2.97. The number of rotatable bonds is 3. The molecule has 0 atom stereocenters. The maximum Gasteiger partial charge on any atom is 0.254 e. The molecule has 0 amide bonds. The van der Waals surface area contributed by atoms with Gasteiger partial charge in [0.2, 0.25) is 0 Å². The maximum atomic E-state index is 12.0. The van der Waals surface area contributed by atoms with Gasteiger partial charge in [-0.3, -0.25) is 4.79 Å². The van der Waals surface area contributed by atoms with E-state index in [1.165, 1.54) is 0 Å². The second kappa shape index (κ2) is 5.45. The number of nitrogens with zero attached hydrogens (tertiary/aromatic N) is 1. The number of hydrogen-bond donors (Lipinski definition) is 1. The van der Waals surface area contributed by atoms with E-state index < -0.39 is 0 Å². The smallest absolute Gasteiger partial charge is 0.254 e. The Hall–Kier alpha value is -1.81. The summed E-state index contributed by atoms with van der Waals surface area (Å²) in [6.45, 7) is 3.75. The molecule has 1 aromatic carbocycles. The molecule has 0 bridgehead atoms. The summed E-state index contributed by atoms with van der Waals surface area (Å²) in [5.41, 5.74) is 1.87. The van der Waals surface area contributed by atoms with Gasteiger partial charge in [-0.25, -0.2) is 4.98 Å². The highest BCUT2D eigenvalue weighted by atomic mass is 35.5. The van der Waals surface area contributed by atoms with Gasteiger partial charge >= 0.3 is 0 Å². The van der Waals surface area contributed by atoms with Crippen LogP contribution in [0.3, 0.4) is 0 Å². The van der Waals surface area contributed by atoms with Crippen molar-refractivity contribution in [1.82, 2.24) is 9.97 Å². The Morgan fingerprint density at radius 1 is 1.42 bits per heavy atom. The normalized spacial score (nSPS) is 10.5. The summed E-state index contributed by atoms with van der Waals surface area (Å²) in [7, 11) is 1.56. The van der Waals surface area contributed by atoms with Crippen molar-refractivity contribution >= 4 is 11.6 Å². The van der Waals surface area contributed by atoms with Crippen molar-refractivity contribution in [2.24, 2.45) is 0 Å². The van der Waals surface area contributed by atoms with Gasteiger partial charge in [-0.1, -0.05) is 24.6 Å². The molecule has 100 valence electrons. The molecule has 0 saturated heterocycles. The largest absolute Gasteiger partial charge is 0.496 e. The Balaban J connectivity index is 2.70. The van der Waals surface area contributed by atoms with Gasteiger partial charge in [-0.15, -0.1) is 0 Å². The van der Waals surface area contributed by atoms with Gasteiger partial charge in [0.05, 0.1) is 17.7 Å². The number of benzene rings is 1. The number of nitrogens with one attached hydrogen (secondary N) is 1. The van der Waals surface area contributed by atoms with E-state index in [0.717, 1.165) is 0 Å². The SMILES string of the molecule is CCc1c(C)nc(-c2c(Cl)cccc2OC)[nH]c1=O. The number of aryl methyl sites for hydroxylation is 1. The van der Waals surface area contributed by atoms with Crippen molar-refractivity contribution in [2.45, 2.75) is 20.3 Å². The molecular formula is C14H15ClN2O2. The minimum absolute atomic E-state index is 0.132. The maximum absolute atomic E-state index is 12.0. The van der Waals surface area contributed by atoms with Crippen LogP contribution in [0.15, 0.2) is 23.0 Å². The summed E-state index contributed by atoms with van der Waals surface area (Å²) in [5, 5.41) is 0.492. The van der Waals surface area contributed by atoms with Gasteiger partial charge in [0.15, 0.2) is 0 Å². The van der Waals surface area contributed by atoms with Gasteiger partial charge in [0.1, 0.15) is 11.6 Å². The van der Waals surface area contributed by atoms with E-state index >= 15 is 0 Å². The van der Waals surface area contributed by atoms with Crippen molar-refractivity contribution in [3.63, 3.8) is 0 Å². The molecular weight excluding hydrogens is 264 g/mol. The Bertz CT molecular complexity index is 665. The summed E-state index contributed by atoms with van der Waals surface area (Å²) in [6, 6.07) is 5.31. The summed E-state index contributed by atoms with van der Waals surface area (Å²) >= 11 is 6.18. The van der Waals surface area contributed by atoms with Gasteiger partial charge in [-0.2, -0.15) is 0 Å². The fraction of sp³-hybridized carbons (Fsp3) is 0.286. The van der Waals surface area contributed by atoms with Crippen LogP contribution in [-0.2, 0) is 6.42 Å². The molecule has 0 radical (unpaired) electrons. The number of halogens is 1. The second-order valence-corrected chi connectivity index (χ2v) is 4.56. The molecule has 0 aliphatic rings. The average Bonchev–Trinajstić information content (AvgIpc) is 2.37. The first-order valence-electron chi connectivity index (χ1n) is 6.01. The first-order chi connectivity index (χ1) is 9.08. The highest BCUT2D eigenvalue weighted by Crippen LogP contribution is 2.33. The highest BCUT2D eigenvalue weighted by Gasteiger charge is 2.14. The molecule has 1 N–H and O–H groups in total. The van der Waals surface area contributed by atoms with Crippen LogP contribution in [0.4, 0.5) is 0 Å². The van der Waals surface area contributed by atoms with Crippen LogP contribution in [-0.4, -0.2) is 17.1 Å². The third-order valence-corrected chi connectivity index (χ3v) is 3.32. The summed E-state index contributed by atoms with van der Waals surface area (Å²) in [4.78, 5) is 19.2. The fourth-order valence-electron chi connectivity index (χ4n) is 2.05. The third-order valence-electron chi connectivity index (χ3n) is 3.01. The standard InChI is InChI=1S/C14H15ClN2O2/c1-4-9-8(2)16-13(17-14(9)18)12-10(15)6-5-7-11(12)19-3/h5-7H,4H2,1-3H3,(H,16,17,18). The molecule has 19 heavy (non-hydrogen) atoms. The van der Waals surface area contributed by atoms with Crippen molar-refractivity contribution in [3.8, 4) is 17.1 Å². The Kier molecular flexibility index (Phi) is 3.90. The molecule has 5 heteroatoms. The van der Waals surface area contributed by atoms with E-state index in [-0.39, 0.29) is 5.56 Å². The molecule has 0 fully saturated rings. The Labute approximate surface area is 116 Å². The molecule has 2 rings (SSSR count). The number of hydrogen-bond acceptors (Lipinski definition) is 3. The first-order valence-corrected chi connectivity index (χ1v) is 6.39. The molecule has 0 aliphatic heterocycles. The predicted molar refractivity (Wildman–Crippen MR) is 76.0 cm³/mol. The summed E-state index contributed by atoms with van der Waals surface area (Å²) in [6.07, 6.45) is 0.647. The lowest BCUT2D eigenvalue weighted by Crippen LogP contribution is -2.17. The van der Waals surface area contributed by atoms with Gasteiger partial charge in [0, 0.05) is 11.3 Å². The van der Waals surface area contributed by atoms with Crippen molar-refractivity contribution in [2.75, 3.05) is 7.11 Å². The Morgan fingerprint density at radius 3 is 2.74 bits per heavy atom. The van der Waals surface area contributed by atoms with E-state index in [4.69, 9.17) is 16.3 Å². The molecule has 4 nitrogen and oxygen atoms in total. The molecule has 1 aromatic heterocycles.